The first-order chi connectivity index (χ1) is 14.8. The average Bonchev–Trinajstić information content (AvgIpc) is 3.56. The van der Waals surface area contributed by atoms with Crippen molar-refractivity contribution in [2.45, 2.75) is 6.54 Å². The number of nitrogens with zero attached hydrogens (tertiary/aromatic N) is 8. The largest absolute Gasteiger partial charge is 0.336 e. The number of benzene rings is 1. The predicted molar refractivity (Wildman–Crippen MR) is 108 cm³/mol. The highest BCUT2D eigenvalue weighted by molar-refractivity contribution is 7.13. The van der Waals surface area contributed by atoms with Crippen LogP contribution in [-0.2, 0) is 6.54 Å². The lowest BCUT2D eigenvalue weighted by atomic mass is 10.1. The van der Waals surface area contributed by atoms with Crippen LogP contribution in [0.25, 0.3) is 16.5 Å². The fraction of sp³-hybridized carbons (Fsp3) is 0.263. The number of thiophene rings is 1. The van der Waals surface area contributed by atoms with Crippen molar-refractivity contribution in [2.75, 3.05) is 26.2 Å². The summed E-state index contributed by atoms with van der Waals surface area (Å²) in [6.45, 7) is 3.44. The van der Waals surface area contributed by atoms with E-state index >= 15 is 0 Å². The van der Waals surface area contributed by atoms with Crippen molar-refractivity contribution >= 4 is 17.2 Å². The van der Waals surface area contributed by atoms with Gasteiger partial charge in [0.15, 0.2) is 5.82 Å². The first-order valence-electron chi connectivity index (χ1n) is 9.48. The Balaban J connectivity index is 1.16. The lowest BCUT2D eigenvalue weighted by Crippen LogP contribution is -2.48. The van der Waals surface area contributed by atoms with Crippen LogP contribution < -0.4 is 0 Å². The standard InChI is InChI=1S/C19H18N8O2S/c28-19(14-3-5-15(6-4-14)27-13-20-23-24-27)26-9-7-25(8-10-26)12-17-21-18(29-22-17)16-2-1-11-30-16/h1-6,11,13H,7-10,12H2. The van der Waals surface area contributed by atoms with Gasteiger partial charge in [0, 0.05) is 31.7 Å². The molecule has 0 saturated carbocycles. The second kappa shape index (κ2) is 8.13. The third-order valence-corrected chi connectivity index (χ3v) is 5.81. The van der Waals surface area contributed by atoms with Crippen molar-refractivity contribution in [3.8, 4) is 16.5 Å². The summed E-state index contributed by atoms with van der Waals surface area (Å²) in [5.41, 5.74) is 1.46. The minimum absolute atomic E-state index is 0.0254. The Morgan fingerprint density at radius 2 is 1.93 bits per heavy atom. The van der Waals surface area contributed by atoms with Crippen LogP contribution >= 0.6 is 11.3 Å². The van der Waals surface area contributed by atoms with Crippen molar-refractivity contribution < 1.29 is 9.32 Å². The summed E-state index contributed by atoms with van der Waals surface area (Å²) in [5, 5.41) is 17.1. The summed E-state index contributed by atoms with van der Waals surface area (Å²) in [7, 11) is 0. The van der Waals surface area contributed by atoms with Crippen LogP contribution in [0.5, 0.6) is 0 Å². The summed E-state index contributed by atoms with van der Waals surface area (Å²) in [6.07, 6.45) is 1.52. The molecule has 3 aromatic heterocycles. The van der Waals surface area contributed by atoms with E-state index in [1.807, 2.05) is 34.5 Å². The molecule has 4 heterocycles. The van der Waals surface area contributed by atoms with E-state index in [9.17, 15) is 4.79 Å². The van der Waals surface area contributed by atoms with Gasteiger partial charge in [0.2, 0.25) is 0 Å². The fourth-order valence-electron chi connectivity index (χ4n) is 3.35. The monoisotopic (exact) mass is 422 g/mol. The van der Waals surface area contributed by atoms with Crippen LogP contribution in [0.15, 0.2) is 52.6 Å². The third-order valence-electron chi connectivity index (χ3n) is 4.95. The van der Waals surface area contributed by atoms with E-state index in [1.165, 1.54) is 6.33 Å². The molecule has 1 aliphatic rings. The van der Waals surface area contributed by atoms with E-state index in [0.29, 0.717) is 36.9 Å². The van der Waals surface area contributed by atoms with Gasteiger partial charge in [0.05, 0.1) is 17.1 Å². The number of rotatable bonds is 5. The smallest absolute Gasteiger partial charge is 0.268 e. The maximum atomic E-state index is 12.8. The van der Waals surface area contributed by atoms with E-state index in [4.69, 9.17) is 4.52 Å². The molecule has 0 spiro atoms. The number of tetrazole rings is 1. The fourth-order valence-corrected chi connectivity index (χ4v) is 3.99. The van der Waals surface area contributed by atoms with Crippen LogP contribution in [0.1, 0.15) is 16.2 Å². The molecule has 1 amide bonds. The number of hydrogen-bond acceptors (Lipinski definition) is 9. The van der Waals surface area contributed by atoms with Crippen molar-refractivity contribution in [3.05, 3.63) is 59.5 Å². The van der Waals surface area contributed by atoms with Crippen molar-refractivity contribution in [1.82, 2.24) is 40.1 Å². The molecule has 0 radical (unpaired) electrons. The predicted octanol–water partition coefficient (Wildman–Crippen LogP) is 1.73. The van der Waals surface area contributed by atoms with Gasteiger partial charge in [0.25, 0.3) is 11.8 Å². The Bertz CT molecular complexity index is 1100. The van der Waals surface area contributed by atoms with E-state index in [-0.39, 0.29) is 5.91 Å². The summed E-state index contributed by atoms with van der Waals surface area (Å²) in [5.74, 6) is 1.24. The van der Waals surface area contributed by atoms with Gasteiger partial charge in [-0.2, -0.15) is 4.98 Å². The topological polar surface area (TPSA) is 106 Å². The molecule has 11 heteroatoms. The lowest BCUT2D eigenvalue weighted by Gasteiger charge is -2.34. The molecule has 5 rings (SSSR count). The number of aromatic nitrogens is 6. The minimum atomic E-state index is 0.0254. The van der Waals surface area contributed by atoms with Gasteiger partial charge in [0.1, 0.15) is 6.33 Å². The SMILES string of the molecule is O=C(c1ccc(-n2cnnn2)cc1)N1CCN(Cc2noc(-c3cccs3)n2)CC1. The highest BCUT2D eigenvalue weighted by Crippen LogP contribution is 2.23. The molecule has 0 aliphatic carbocycles. The lowest BCUT2D eigenvalue weighted by molar-refractivity contribution is 0.0624. The van der Waals surface area contributed by atoms with Gasteiger partial charge >= 0.3 is 0 Å². The summed E-state index contributed by atoms with van der Waals surface area (Å²) in [6, 6.07) is 11.2. The molecule has 10 nitrogen and oxygen atoms in total. The Kier molecular flexibility index (Phi) is 5.03. The first-order valence-corrected chi connectivity index (χ1v) is 10.4. The Hall–Kier alpha value is -3.44. The Morgan fingerprint density at radius 3 is 2.63 bits per heavy atom. The number of hydrogen-bond donors (Lipinski definition) is 0. The molecule has 0 bridgehead atoms. The van der Waals surface area contributed by atoms with Crippen LogP contribution in [0.3, 0.4) is 0 Å². The highest BCUT2D eigenvalue weighted by atomic mass is 32.1. The molecule has 0 atom stereocenters. The molecule has 152 valence electrons. The summed E-state index contributed by atoms with van der Waals surface area (Å²) < 4.78 is 6.90. The maximum Gasteiger partial charge on any atom is 0.268 e. The van der Waals surface area contributed by atoms with E-state index in [0.717, 1.165) is 23.7 Å². The molecular formula is C19H18N8O2S. The molecule has 30 heavy (non-hydrogen) atoms. The molecule has 1 aromatic carbocycles. The normalized spacial score (nSPS) is 14.9. The molecule has 0 N–H and O–H groups in total. The molecular weight excluding hydrogens is 404 g/mol. The second-order valence-electron chi connectivity index (χ2n) is 6.86. The first kappa shape index (κ1) is 18.6. The van der Waals surface area contributed by atoms with Crippen molar-refractivity contribution in [1.29, 1.82) is 0 Å². The third kappa shape index (κ3) is 3.84. The van der Waals surface area contributed by atoms with Gasteiger partial charge in [-0.15, -0.1) is 16.4 Å². The summed E-state index contributed by atoms with van der Waals surface area (Å²) >= 11 is 1.57. The number of piperazine rings is 1. The molecule has 1 saturated heterocycles. The highest BCUT2D eigenvalue weighted by Gasteiger charge is 2.23. The van der Waals surface area contributed by atoms with Gasteiger partial charge in [-0.1, -0.05) is 11.2 Å². The van der Waals surface area contributed by atoms with Crippen LogP contribution in [0.4, 0.5) is 0 Å². The van der Waals surface area contributed by atoms with Gasteiger partial charge in [-0.05, 0) is 46.1 Å². The Labute approximate surface area is 175 Å². The zero-order valence-corrected chi connectivity index (χ0v) is 16.8. The zero-order valence-electron chi connectivity index (χ0n) is 16.0. The van der Waals surface area contributed by atoms with Gasteiger partial charge in [-0.3, -0.25) is 9.69 Å². The van der Waals surface area contributed by atoms with Crippen molar-refractivity contribution in [2.24, 2.45) is 0 Å². The van der Waals surface area contributed by atoms with Crippen LogP contribution in [0, 0.1) is 0 Å². The van der Waals surface area contributed by atoms with Crippen LogP contribution in [0.2, 0.25) is 0 Å². The van der Waals surface area contributed by atoms with Gasteiger partial charge < -0.3 is 9.42 Å². The Morgan fingerprint density at radius 1 is 1.10 bits per heavy atom. The van der Waals surface area contributed by atoms with E-state index in [2.05, 4.69) is 30.6 Å². The number of amides is 1. The zero-order chi connectivity index (χ0) is 20.3. The van der Waals surface area contributed by atoms with E-state index < -0.39 is 0 Å². The number of carbonyl (C=O) groups is 1. The molecule has 4 aromatic rings. The average molecular weight is 422 g/mol. The summed E-state index contributed by atoms with van der Waals surface area (Å²) in [4.78, 5) is 22.4. The second-order valence-corrected chi connectivity index (χ2v) is 7.81. The quantitative estimate of drug-likeness (QED) is 0.479. The van der Waals surface area contributed by atoms with Gasteiger partial charge in [-0.25, -0.2) is 4.68 Å². The molecule has 1 fully saturated rings. The number of carbonyl (C=O) groups excluding carboxylic acids is 1. The van der Waals surface area contributed by atoms with Crippen LogP contribution in [-0.4, -0.2) is 72.2 Å². The molecule has 1 aliphatic heterocycles. The minimum Gasteiger partial charge on any atom is -0.336 e. The van der Waals surface area contributed by atoms with Crippen molar-refractivity contribution in [3.63, 3.8) is 0 Å². The van der Waals surface area contributed by atoms with E-state index in [1.54, 1.807) is 28.2 Å². The molecule has 0 unspecified atom stereocenters. The maximum absolute atomic E-state index is 12.8.